The lowest BCUT2D eigenvalue weighted by molar-refractivity contribution is 0.433. The van der Waals surface area contributed by atoms with E-state index in [-0.39, 0.29) is 0 Å². The SMILES string of the molecule is CCCCC1(C)C2/C=N/N/C(c3nn[nH]n3)=C(\C)CC21. The Hall–Kier alpha value is -1.72. The van der Waals surface area contributed by atoms with Gasteiger partial charge in [0.2, 0.25) is 5.82 Å². The number of nitrogens with one attached hydrogen (secondary N) is 2. The van der Waals surface area contributed by atoms with Gasteiger partial charge in [0.15, 0.2) is 0 Å². The van der Waals surface area contributed by atoms with Gasteiger partial charge in [0.05, 0.1) is 0 Å². The minimum Gasteiger partial charge on any atom is -0.275 e. The molecule has 20 heavy (non-hydrogen) atoms. The van der Waals surface area contributed by atoms with Gasteiger partial charge >= 0.3 is 0 Å². The van der Waals surface area contributed by atoms with E-state index in [2.05, 4.69) is 58.1 Å². The Morgan fingerprint density at radius 2 is 2.30 bits per heavy atom. The average molecular weight is 274 g/mol. The fourth-order valence-electron chi connectivity index (χ4n) is 3.46. The maximum atomic E-state index is 4.39. The van der Waals surface area contributed by atoms with Crippen LogP contribution in [0.1, 0.15) is 52.3 Å². The molecule has 108 valence electrons. The predicted octanol–water partition coefficient (Wildman–Crippen LogP) is 2.35. The molecule has 2 N–H and O–H groups in total. The highest BCUT2D eigenvalue weighted by Crippen LogP contribution is 2.63. The number of hydrazone groups is 1. The van der Waals surface area contributed by atoms with Crippen molar-refractivity contribution < 1.29 is 0 Å². The van der Waals surface area contributed by atoms with E-state index < -0.39 is 0 Å². The molecule has 3 atom stereocenters. The zero-order valence-corrected chi connectivity index (χ0v) is 12.3. The number of aromatic amines is 1. The molecule has 0 spiro atoms. The average Bonchev–Trinajstić information content (AvgIpc) is 2.84. The molecular weight excluding hydrogens is 252 g/mol. The van der Waals surface area contributed by atoms with Gasteiger partial charge in [0.25, 0.3) is 0 Å². The Kier molecular flexibility index (Phi) is 3.31. The monoisotopic (exact) mass is 274 g/mol. The van der Waals surface area contributed by atoms with Crippen LogP contribution in [0, 0.1) is 17.3 Å². The molecule has 1 aliphatic carbocycles. The number of nitrogens with zero attached hydrogens (tertiary/aromatic N) is 4. The van der Waals surface area contributed by atoms with Crippen LogP contribution in [0.25, 0.3) is 5.70 Å². The molecule has 0 radical (unpaired) electrons. The van der Waals surface area contributed by atoms with Crippen LogP contribution in [-0.2, 0) is 0 Å². The van der Waals surface area contributed by atoms with Gasteiger partial charge in [-0.05, 0) is 41.9 Å². The number of hydrogen-bond donors (Lipinski definition) is 2. The first-order valence-corrected chi connectivity index (χ1v) is 7.39. The third kappa shape index (κ3) is 2.13. The number of rotatable bonds is 4. The van der Waals surface area contributed by atoms with Gasteiger partial charge < -0.3 is 0 Å². The zero-order chi connectivity index (χ0) is 14.2. The molecule has 6 nitrogen and oxygen atoms in total. The van der Waals surface area contributed by atoms with Crippen molar-refractivity contribution in [3.8, 4) is 0 Å². The smallest absolute Gasteiger partial charge is 0.222 e. The summed E-state index contributed by atoms with van der Waals surface area (Å²) in [6.45, 7) is 6.79. The molecule has 1 aromatic rings. The second kappa shape index (κ2) is 5.00. The number of tetrazole rings is 1. The first-order valence-electron chi connectivity index (χ1n) is 7.39. The molecule has 1 fully saturated rings. The topological polar surface area (TPSA) is 78.9 Å². The highest BCUT2D eigenvalue weighted by molar-refractivity contribution is 5.71. The minimum absolute atomic E-state index is 0.412. The van der Waals surface area contributed by atoms with Gasteiger partial charge in [-0.25, -0.2) is 0 Å². The summed E-state index contributed by atoms with van der Waals surface area (Å²) in [5.41, 5.74) is 5.65. The van der Waals surface area contributed by atoms with E-state index in [1.54, 1.807) is 0 Å². The minimum atomic E-state index is 0.412. The van der Waals surface area contributed by atoms with Crippen LogP contribution >= 0.6 is 0 Å². The highest BCUT2D eigenvalue weighted by Gasteiger charge is 2.59. The molecule has 0 aromatic carbocycles. The Balaban J connectivity index is 1.81. The van der Waals surface area contributed by atoms with E-state index >= 15 is 0 Å². The number of aromatic nitrogens is 4. The Morgan fingerprint density at radius 1 is 1.45 bits per heavy atom. The standard InChI is InChI=1S/C14H22N6/c1-4-5-6-14(3)10-7-9(2)12(13-17-19-20-18-13)16-15-8-11(10)14/h8,10-11,16H,4-7H2,1-3H3,(H,17,18,19,20)/b12-9+,15-8+. The molecule has 3 rings (SSSR count). The van der Waals surface area contributed by atoms with Crippen LogP contribution in [0.4, 0.5) is 0 Å². The molecule has 1 aromatic heterocycles. The third-order valence-electron chi connectivity index (χ3n) is 4.94. The molecule has 1 aliphatic heterocycles. The zero-order valence-electron chi connectivity index (χ0n) is 12.3. The maximum Gasteiger partial charge on any atom is 0.222 e. The van der Waals surface area contributed by atoms with Crippen molar-refractivity contribution in [1.82, 2.24) is 26.0 Å². The summed E-state index contributed by atoms with van der Waals surface area (Å²) in [4.78, 5) is 0. The highest BCUT2D eigenvalue weighted by atomic mass is 15.5. The second-order valence-corrected chi connectivity index (χ2v) is 6.23. The molecule has 6 heteroatoms. The number of hydrogen-bond acceptors (Lipinski definition) is 5. The van der Waals surface area contributed by atoms with Gasteiger partial charge in [-0.1, -0.05) is 26.7 Å². The lowest BCUT2D eigenvalue weighted by Gasteiger charge is -2.12. The van der Waals surface area contributed by atoms with Crippen LogP contribution < -0.4 is 5.43 Å². The summed E-state index contributed by atoms with van der Waals surface area (Å²) in [5, 5.41) is 18.6. The van der Waals surface area contributed by atoms with Crippen LogP contribution in [0.15, 0.2) is 10.7 Å². The maximum absolute atomic E-state index is 4.39. The lowest BCUT2D eigenvalue weighted by Crippen LogP contribution is -2.11. The summed E-state index contributed by atoms with van der Waals surface area (Å²) in [5.74, 6) is 1.89. The number of allylic oxidation sites excluding steroid dienone is 1. The van der Waals surface area contributed by atoms with E-state index in [0.29, 0.717) is 23.1 Å². The van der Waals surface area contributed by atoms with Crippen LogP contribution in [-0.4, -0.2) is 26.8 Å². The summed E-state index contributed by atoms with van der Waals surface area (Å²) in [6, 6.07) is 0. The van der Waals surface area contributed by atoms with Gasteiger partial charge in [-0.15, -0.1) is 10.2 Å². The third-order valence-corrected chi connectivity index (χ3v) is 4.94. The van der Waals surface area contributed by atoms with Crippen molar-refractivity contribution in [3.05, 3.63) is 11.4 Å². The molecular formula is C14H22N6. The van der Waals surface area contributed by atoms with Crippen molar-refractivity contribution in [2.24, 2.45) is 22.4 Å². The molecule has 0 amide bonds. The van der Waals surface area contributed by atoms with Crippen LogP contribution in [0.2, 0.25) is 0 Å². The first-order chi connectivity index (χ1) is 9.66. The van der Waals surface area contributed by atoms with Gasteiger partial charge in [0.1, 0.15) is 5.70 Å². The summed E-state index contributed by atoms with van der Waals surface area (Å²) in [6.07, 6.45) is 6.99. The summed E-state index contributed by atoms with van der Waals surface area (Å²) in [7, 11) is 0. The Morgan fingerprint density at radius 3 is 3.00 bits per heavy atom. The van der Waals surface area contributed by atoms with E-state index in [9.17, 15) is 0 Å². The Labute approximate surface area is 119 Å². The lowest BCUT2D eigenvalue weighted by atomic mass is 9.95. The molecule has 1 saturated carbocycles. The molecule has 2 heterocycles. The van der Waals surface area contributed by atoms with Gasteiger partial charge in [0, 0.05) is 12.1 Å². The second-order valence-electron chi connectivity index (χ2n) is 6.23. The number of unbranched alkanes of at least 4 members (excludes halogenated alkanes) is 1. The molecule has 3 unspecified atom stereocenters. The fraction of sp³-hybridized carbons (Fsp3) is 0.714. The van der Waals surface area contributed by atoms with E-state index in [4.69, 9.17) is 0 Å². The Bertz CT molecular complexity index is 532. The van der Waals surface area contributed by atoms with Crippen LogP contribution in [0.5, 0.6) is 0 Å². The number of H-pyrrole nitrogens is 1. The fourth-order valence-corrected chi connectivity index (χ4v) is 3.46. The molecule has 0 bridgehead atoms. The van der Waals surface area contributed by atoms with Crippen LogP contribution in [0.3, 0.4) is 0 Å². The quantitative estimate of drug-likeness (QED) is 0.883. The number of fused-ring (bicyclic) bond motifs is 1. The molecule has 0 saturated heterocycles. The van der Waals surface area contributed by atoms with E-state index in [1.165, 1.54) is 24.8 Å². The van der Waals surface area contributed by atoms with E-state index in [1.807, 2.05) is 0 Å². The summed E-state index contributed by atoms with van der Waals surface area (Å²) >= 11 is 0. The predicted molar refractivity (Wildman–Crippen MR) is 77.6 cm³/mol. The largest absolute Gasteiger partial charge is 0.275 e. The van der Waals surface area contributed by atoms with Gasteiger partial charge in [-0.2, -0.15) is 10.3 Å². The molecule has 2 aliphatic rings. The van der Waals surface area contributed by atoms with Crippen molar-refractivity contribution >= 4 is 11.9 Å². The van der Waals surface area contributed by atoms with Gasteiger partial charge in [-0.3, -0.25) is 5.43 Å². The normalized spacial score (nSPS) is 37.5. The van der Waals surface area contributed by atoms with Crippen molar-refractivity contribution in [2.45, 2.75) is 46.5 Å². The summed E-state index contributed by atoms with van der Waals surface area (Å²) < 4.78 is 0. The van der Waals surface area contributed by atoms with Crippen molar-refractivity contribution in [3.63, 3.8) is 0 Å². The van der Waals surface area contributed by atoms with Crippen molar-refractivity contribution in [2.75, 3.05) is 0 Å². The van der Waals surface area contributed by atoms with E-state index in [0.717, 1.165) is 12.1 Å². The van der Waals surface area contributed by atoms with Crippen molar-refractivity contribution in [1.29, 1.82) is 0 Å². The first kappa shape index (κ1) is 13.3.